The van der Waals surface area contributed by atoms with Gasteiger partial charge in [-0.2, -0.15) is 0 Å². The molecule has 0 spiro atoms. The van der Waals surface area contributed by atoms with Crippen LogP contribution in [0, 0.1) is 0 Å². The first-order valence-electron chi connectivity index (χ1n) is 9.16. The van der Waals surface area contributed by atoms with Gasteiger partial charge in [0, 0.05) is 23.0 Å². The molecule has 1 atom stereocenters. The molecule has 0 saturated carbocycles. The van der Waals surface area contributed by atoms with Gasteiger partial charge in [-0.3, -0.25) is 9.69 Å². The number of nitrogens with one attached hydrogen (secondary N) is 1. The number of esters is 1. The highest BCUT2D eigenvalue weighted by molar-refractivity contribution is 6.30. The Morgan fingerprint density at radius 3 is 2.59 bits per heavy atom. The van der Waals surface area contributed by atoms with Gasteiger partial charge >= 0.3 is 5.97 Å². The first-order chi connectivity index (χ1) is 14.1. The summed E-state index contributed by atoms with van der Waals surface area (Å²) in [4.78, 5) is 30.8. The van der Waals surface area contributed by atoms with E-state index in [0.29, 0.717) is 28.6 Å². The number of hydrogen-bond acceptors (Lipinski definition) is 5. The molecule has 0 unspecified atom stereocenters. The number of pyridine rings is 1. The van der Waals surface area contributed by atoms with Gasteiger partial charge in [-0.05, 0) is 49.4 Å². The van der Waals surface area contributed by atoms with Crippen molar-refractivity contribution in [3.63, 3.8) is 0 Å². The molecule has 2 aromatic carbocycles. The first-order valence-corrected chi connectivity index (χ1v) is 9.54. The van der Waals surface area contributed by atoms with E-state index >= 15 is 0 Å². The van der Waals surface area contributed by atoms with Crippen LogP contribution < -0.4 is 10.2 Å². The molecule has 1 aromatic heterocycles. The standard InChI is InChI=1S/C22H18ClN3O3/c1-2-29-22(28)14-7-10-16(11-8-14)25-20-17-5-3-4-6-18(17)21(27)26(20)19-12-9-15(23)13-24-19/h3-13,20,25H,2H2,1H3/t20-/m1/s1. The zero-order chi connectivity index (χ0) is 20.4. The molecule has 0 fully saturated rings. The van der Waals surface area contributed by atoms with E-state index in [1.54, 1.807) is 54.3 Å². The third-order valence-electron chi connectivity index (χ3n) is 4.62. The van der Waals surface area contributed by atoms with Crippen molar-refractivity contribution >= 4 is 35.0 Å². The summed E-state index contributed by atoms with van der Waals surface area (Å²) in [6.45, 7) is 2.09. The zero-order valence-electron chi connectivity index (χ0n) is 15.6. The largest absolute Gasteiger partial charge is 0.462 e. The summed E-state index contributed by atoms with van der Waals surface area (Å²) in [5, 5.41) is 3.87. The summed E-state index contributed by atoms with van der Waals surface area (Å²) in [5.74, 6) is -0.0141. The molecule has 0 saturated heterocycles. The second-order valence-corrected chi connectivity index (χ2v) is 6.88. The van der Waals surface area contributed by atoms with E-state index in [-0.39, 0.29) is 11.9 Å². The second-order valence-electron chi connectivity index (χ2n) is 6.44. The predicted octanol–water partition coefficient (Wildman–Crippen LogP) is 4.68. The molecule has 6 nitrogen and oxygen atoms in total. The maximum atomic E-state index is 13.0. The number of rotatable bonds is 5. The SMILES string of the molecule is CCOC(=O)c1ccc(N[C@H]2c3ccccc3C(=O)N2c2ccc(Cl)cn2)cc1. The molecule has 1 amide bonds. The number of halogens is 1. The fourth-order valence-corrected chi connectivity index (χ4v) is 3.39. The van der Waals surface area contributed by atoms with Crippen LogP contribution in [0.1, 0.15) is 39.4 Å². The van der Waals surface area contributed by atoms with Gasteiger partial charge < -0.3 is 10.1 Å². The van der Waals surface area contributed by atoms with Crippen LogP contribution >= 0.6 is 11.6 Å². The lowest BCUT2D eigenvalue weighted by atomic mass is 10.1. The Morgan fingerprint density at radius 1 is 1.14 bits per heavy atom. The molecule has 1 aliphatic rings. The van der Waals surface area contributed by atoms with Gasteiger partial charge in [-0.25, -0.2) is 9.78 Å². The summed E-state index contributed by atoms with van der Waals surface area (Å²) >= 11 is 5.95. The lowest BCUT2D eigenvalue weighted by Crippen LogP contribution is -2.32. The van der Waals surface area contributed by atoms with Crippen LogP contribution in [0.3, 0.4) is 0 Å². The molecule has 1 aliphatic heterocycles. The molecule has 0 bridgehead atoms. The van der Waals surface area contributed by atoms with Crippen molar-refractivity contribution in [2.24, 2.45) is 0 Å². The van der Waals surface area contributed by atoms with Gasteiger partial charge in [0.1, 0.15) is 12.0 Å². The topological polar surface area (TPSA) is 71.5 Å². The Bertz CT molecular complexity index is 1050. The van der Waals surface area contributed by atoms with Crippen LogP contribution in [0.5, 0.6) is 0 Å². The third kappa shape index (κ3) is 3.67. The van der Waals surface area contributed by atoms with Gasteiger partial charge in [-0.1, -0.05) is 29.8 Å². The Kier molecular flexibility index (Phi) is 5.18. The monoisotopic (exact) mass is 407 g/mol. The van der Waals surface area contributed by atoms with E-state index in [1.807, 2.05) is 18.2 Å². The lowest BCUT2D eigenvalue weighted by molar-refractivity contribution is 0.0526. The Labute approximate surface area is 173 Å². The number of carbonyl (C=O) groups excluding carboxylic acids is 2. The number of nitrogens with zero attached hydrogens (tertiary/aromatic N) is 2. The van der Waals surface area contributed by atoms with Crippen molar-refractivity contribution in [1.29, 1.82) is 0 Å². The fourth-order valence-electron chi connectivity index (χ4n) is 3.28. The van der Waals surface area contributed by atoms with E-state index in [1.165, 1.54) is 6.20 Å². The highest BCUT2D eigenvalue weighted by atomic mass is 35.5. The van der Waals surface area contributed by atoms with Gasteiger partial charge in [0.15, 0.2) is 0 Å². The average Bonchev–Trinajstić information content (AvgIpc) is 3.01. The quantitative estimate of drug-likeness (QED) is 0.621. The van der Waals surface area contributed by atoms with Gasteiger partial charge in [-0.15, -0.1) is 0 Å². The van der Waals surface area contributed by atoms with Crippen molar-refractivity contribution in [3.8, 4) is 0 Å². The Balaban J connectivity index is 1.66. The highest BCUT2D eigenvalue weighted by Crippen LogP contribution is 2.37. The van der Waals surface area contributed by atoms with Crippen molar-refractivity contribution in [2.75, 3.05) is 16.8 Å². The van der Waals surface area contributed by atoms with Crippen molar-refractivity contribution in [1.82, 2.24) is 4.98 Å². The number of amides is 1. The third-order valence-corrected chi connectivity index (χ3v) is 4.84. The molecule has 1 N–H and O–H groups in total. The maximum Gasteiger partial charge on any atom is 0.338 e. The Morgan fingerprint density at radius 2 is 1.90 bits per heavy atom. The molecule has 0 aliphatic carbocycles. The minimum atomic E-state index is -0.444. The van der Waals surface area contributed by atoms with E-state index in [2.05, 4.69) is 10.3 Å². The smallest absolute Gasteiger partial charge is 0.338 e. The Hall–Kier alpha value is -3.38. The number of hydrogen-bond donors (Lipinski definition) is 1. The number of carbonyl (C=O) groups is 2. The van der Waals surface area contributed by atoms with Gasteiger partial charge in [0.05, 0.1) is 17.2 Å². The minimum absolute atomic E-state index is 0.143. The molecular formula is C22H18ClN3O3. The second kappa shape index (κ2) is 7.93. The first kappa shape index (κ1) is 19.0. The van der Waals surface area contributed by atoms with Crippen LogP contribution in [-0.2, 0) is 4.74 Å². The molecule has 3 aromatic rings. The van der Waals surface area contributed by atoms with Crippen molar-refractivity contribution in [3.05, 3.63) is 88.6 Å². The number of fused-ring (bicyclic) bond motifs is 1. The molecule has 29 heavy (non-hydrogen) atoms. The minimum Gasteiger partial charge on any atom is -0.462 e. The summed E-state index contributed by atoms with van der Waals surface area (Å²) < 4.78 is 5.02. The normalized spacial score (nSPS) is 15.2. The molecule has 2 heterocycles. The van der Waals surface area contributed by atoms with Crippen LogP contribution in [0.2, 0.25) is 5.02 Å². The van der Waals surface area contributed by atoms with Crippen LogP contribution in [0.4, 0.5) is 11.5 Å². The van der Waals surface area contributed by atoms with Crippen LogP contribution in [0.15, 0.2) is 66.9 Å². The average molecular weight is 408 g/mol. The van der Waals surface area contributed by atoms with Crippen molar-refractivity contribution < 1.29 is 14.3 Å². The fraction of sp³-hybridized carbons (Fsp3) is 0.136. The summed E-state index contributed by atoms with van der Waals surface area (Å²) in [6.07, 6.45) is 1.07. The van der Waals surface area contributed by atoms with E-state index < -0.39 is 6.17 Å². The van der Waals surface area contributed by atoms with E-state index in [4.69, 9.17) is 16.3 Å². The molecule has 0 radical (unpaired) electrons. The molecule has 4 rings (SSSR count). The van der Waals surface area contributed by atoms with Gasteiger partial charge in [0.25, 0.3) is 5.91 Å². The summed E-state index contributed by atoms with van der Waals surface area (Å²) in [5.41, 5.74) is 2.69. The molecular weight excluding hydrogens is 390 g/mol. The van der Waals surface area contributed by atoms with E-state index in [9.17, 15) is 9.59 Å². The van der Waals surface area contributed by atoms with Gasteiger partial charge in [0.2, 0.25) is 0 Å². The predicted molar refractivity (Wildman–Crippen MR) is 111 cm³/mol. The van der Waals surface area contributed by atoms with Crippen LogP contribution in [-0.4, -0.2) is 23.5 Å². The maximum absolute atomic E-state index is 13.0. The zero-order valence-corrected chi connectivity index (χ0v) is 16.4. The number of ether oxygens (including phenoxy) is 1. The highest BCUT2D eigenvalue weighted by Gasteiger charge is 2.38. The summed E-state index contributed by atoms with van der Waals surface area (Å²) in [7, 11) is 0. The number of benzene rings is 2. The summed E-state index contributed by atoms with van der Waals surface area (Å²) in [6, 6.07) is 17.8. The van der Waals surface area contributed by atoms with Crippen molar-refractivity contribution in [2.45, 2.75) is 13.1 Å². The number of anilines is 2. The molecule has 146 valence electrons. The lowest BCUT2D eigenvalue weighted by Gasteiger charge is -2.26. The van der Waals surface area contributed by atoms with E-state index in [0.717, 1.165) is 11.3 Å². The number of aromatic nitrogens is 1. The molecule has 7 heteroatoms. The van der Waals surface area contributed by atoms with Crippen LogP contribution in [0.25, 0.3) is 0 Å².